The smallest absolute Gasteiger partial charge is 0.270 e. The highest BCUT2D eigenvalue weighted by Gasteiger charge is 2.36. The van der Waals surface area contributed by atoms with Crippen molar-refractivity contribution in [2.45, 2.75) is 47.1 Å². The molecule has 2 aromatic rings. The molecule has 1 fully saturated rings. The number of thiocarbonyl (C=S) groups is 1. The number of rotatable bonds is 3. The minimum atomic E-state index is -0.533. The molecule has 2 aliphatic heterocycles. The Labute approximate surface area is 211 Å². The summed E-state index contributed by atoms with van der Waals surface area (Å²) in [6.07, 6.45) is 3.78. The summed E-state index contributed by atoms with van der Waals surface area (Å²) in [7, 11) is 0. The van der Waals surface area contributed by atoms with Crippen molar-refractivity contribution in [2.24, 2.45) is 0 Å². The molecule has 2 amide bonds. The van der Waals surface area contributed by atoms with E-state index in [4.69, 9.17) is 23.8 Å². The van der Waals surface area contributed by atoms with E-state index in [1.807, 2.05) is 44.2 Å². The molecule has 2 aliphatic rings. The highest BCUT2D eigenvalue weighted by atomic mass is 35.5. The molecular weight excluding hydrogens is 466 g/mol. The number of allylic oxidation sites excluding steroid dienone is 1. The number of nitrogens with one attached hydrogen (secondary N) is 1. The molecule has 34 heavy (non-hydrogen) atoms. The Bertz CT molecular complexity index is 1310. The minimum Gasteiger partial charge on any atom is -0.363 e. The number of carbonyl (C=O) groups is 2. The summed E-state index contributed by atoms with van der Waals surface area (Å²) in [5.74, 6) is -1.01. The number of halogens is 1. The van der Waals surface area contributed by atoms with Crippen LogP contribution >= 0.6 is 23.8 Å². The number of hydrogen-bond acceptors (Lipinski definition) is 4. The molecule has 0 radical (unpaired) electrons. The SMILES string of the molecule is CCN1c2cc(Cl)c(/C=C3/C(=O)NC(=S)N(c4cccc(C)c4C)C3=O)cc2C(C)=CC1(C)C. The Morgan fingerprint density at radius 3 is 2.50 bits per heavy atom. The number of carbonyl (C=O) groups excluding carboxylic acids is 2. The van der Waals surface area contributed by atoms with Crippen LogP contribution in [0.4, 0.5) is 11.4 Å². The lowest BCUT2D eigenvalue weighted by Crippen LogP contribution is -2.54. The third kappa shape index (κ3) is 3.95. The van der Waals surface area contributed by atoms with Crippen molar-refractivity contribution in [3.8, 4) is 0 Å². The van der Waals surface area contributed by atoms with E-state index in [0.717, 1.165) is 34.5 Å². The number of aryl methyl sites for hydroxylation is 1. The molecule has 0 spiro atoms. The maximum Gasteiger partial charge on any atom is 0.270 e. The van der Waals surface area contributed by atoms with Crippen LogP contribution in [0.3, 0.4) is 0 Å². The molecule has 0 aliphatic carbocycles. The lowest BCUT2D eigenvalue weighted by atomic mass is 9.87. The zero-order valence-corrected chi connectivity index (χ0v) is 21.8. The molecule has 176 valence electrons. The van der Waals surface area contributed by atoms with E-state index in [-0.39, 0.29) is 16.2 Å². The fraction of sp³-hybridized carbons (Fsp3) is 0.296. The van der Waals surface area contributed by atoms with Gasteiger partial charge in [-0.05, 0) is 100 Å². The molecule has 4 rings (SSSR count). The number of anilines is 2. The van der Waals surface area contributed by atoms with Crippen LogP contribution < -0.4 is 15.1 Å². The van der Waals surface area contributed by atoms with E-state index in [2.05, 4.69) is 44.0 Å². The van der Waals surface area contributed by atoms with Crippen molar-refractivity contribution in [1.82, 2.24) is 5.32 Å². The Hall–Kier alpha value is -2.96. The Kier molecular flexibility index (Phi) is 6.17. The van der Waals surface area contributed by atoms with E-state index in [1.54, 1.807) is 6.08 Å². The molecule has 0 aromatic heterocycles. The van der Waals surface area contributed by atoms with Crippen molar-refractivity contribution >= 4 is 63.8 Å². The zero-order valence-electron chi connectivity index (χ0n) is 20.2. The fourth-order valence-electron chi connectivity index (χ4n) is 4.81. The summed E-state index contributed by atoms with van der Waals surface area (Å²) in [5.41, 5.74) is 6.24. The van der Waals surface area contributed by atoms with E-state index < -0.39 is 11.8 Å². The van der Waals surface area contributed by atoms with Gasteiger partial charge in [-0.25, -0.2) is 0 Å². The molecule has 2 aromatic carbocycles. The van der Waals surface area contributed by atoms with Crippen LogP contribution in [0.2, 0.25) is 5.02 Å². The van der Waals surface area contributed by atoms with Crippen LogP contribution in [0.5, 0.6) is 0 Å². The first-order valence-electron chi connectivity index (χ1n) is 11.2. The molecule has 5 nitrogen and oxygen atoms in total. The summed E-state index contributed by atoms with van der Waals surface area (Å²) in [4.78, 5) is 30.0. The number of amides is 2. The third-order valence-electron chi connectivity index (χ3n) is 6.63. The van der Waals surface area contributed by atoms with Crippen LogP contribution in [0.25, 0.3) is 11.6 Å². The molecule has 7 heteroatoms. The van der Waals surface area contributed by atoms with Crippen LogP contribution in [-0.4, -0.2) is 29.0 Å². The first-order valence-corrected chi connectivity index (χ1v) is 12.0. The van der Waals surface area contributed by atoms with Gasteiger partial charge in [0.15, 0.2) is 5.11 Å². The summed E-state index contributed by atoms with van der Waals surface area (Å²) in [6, 6.07) is 9.52. The lowest BCUT2D eigenvalue weighted by molar-refractivity contribution is -0.122. The van der Waals surface area contributed by atoms with E-state index in [0.29, 0.717) is 16.3 Å². The monoisotopic (exact) mass is 493 g/mol. The Balaban J connectivity index is 1.82. The van der Waals surface area contributed by atoms with Gasteiger partial charge in [0.1, 0.15) is 5.57 Å². The summed E-state index contributed by atoms with van der Waals surface area (Å²) < 4.78 is 0. The van der Waals surface area contributed by atoms with E-state index in [9.17, 15) is 9.59 Å². The molecule has 1 N–H and O–H groups in total. The molecule has 0 saturated carbocycles. The Morgan fingerprint density at radius 2 is 1.82 bits per heavy atom. The second-order valence-electron chi connectivity index (χ2n) is 9.29. The van der Waals surface area contributed by atoms with Crippen molar-refractivity contribution < 1.29 is 9.59 Å². The topological polar surface area (TPSA) is 52.7 Å². The van der Waals surface area contributed by atoms with Gasteiger partial charge in [-0.15, -0.1) is 0 Å². The van der Waals surface area contributed by atoms with Crippen molar-refractivity contribution in [2.75, 3.05) is 16.3 Å². The van der Waals surface area contributed by atoms with Gasteiger partial charge in [0.05, 0.1) is 11.2 Å². The maximum absolute atomic E-state index is 13.5. The molecule has 2 heterocycles. The summed E-state index contributed by atoms with van der Waals surface area (Å²) in [6.45, 7) is 13.2. The van der Waals surface area contributed by atoms with Gasteiger partial charge in [0, 0.05) is 22.8 Å². The number of likely N-dealkylation sites (N-methyl/N-ethyl adjacent to an activating group) is 1. The second-order valence-corrected chi connectivity index (χ2v) is 10.1. The van der Waals surface area contributed by atoms with Gasteiger partial charge in [-0.1, -0.05) is 29.8 Å². The first-order chi connectivity index (χ1) is 16.0. The van der Waals surface area contributed by atoms with Crippen molar-refractivity contribution in [1.29, 1.82) is 0 Å². The third-order valence-corrected chi connectivity index (χ3v) is 7.24. The Morgan fingerprint density at radius 1 is 1.12 bits per heavy atom. The lowest BCUT2D eigenvalue weighted by Gasteiger charge is -2.43. The van der Waals surface area contributed by atoms with Gasteiger partial charge < -0.3 is 4.90 Å². The molecule has 1 saturated heterocycles. The van der Waals surface area contributed by atoms with Crippen molar-refractivity contribution in [3.63, 3.8) is 0 Å². The summed E-state index contributed by atoms with van der Waals surface area (Å²) >= 11 is 12.1. The predicted octanol–water partition coefficient (Wildman–Crippen LogP) is 5.81. The maximum atomic E-state index is 13.5. The van der Waals surface area contributed by atoms with Crippen molar-refractivity contribution in [3.05, 3.63) is 69.3 Å². The van der Waals surface area contributed by atoms with E-state index >= 15 is 0 Å². The normalized spacial score (nSPS) is 18.7. The van der Waals surface area contributed by atoms with Gasteiger partial charge in [-0.3, -0.25) is 19.8 Å². The number of benzene rings is 2. The second kappa shape index (κ2) is 8.67. The highest BCUT2D eigenvalue weighted by molar-refractivity contribution is 7.80. The number of hydrogen-bond donors (Lipinski definition) is 1. The van der Waals surface area contributed by atoms with Gasteiger partial charge >= 0.3 is 0 Å². The average Bonchev–Trinajstić information content (AvgIpc) is 2.74. The van der Waals surface area contributed by atoms with E-state index in [1.165, 1.54) is 4.90 Å². The average molecular weight is 494 g/mol. The van der Waals surface area contributed by atoms with Gasteiger partial charge in [0.25, 0.3) is 11.8 Å². The van der Waals surface area contributed by atoms with Crippen LogP contribution in [0.1, 0.15) is 49.9 Å². The van der Waals surface area contributed by atoms with Crippen LogP contribution in [-0.2, 0) is 9.59 Å². The molecule has 0 bridgehead atoms. The summed E-state index contributed by atoms with van der Waals surface area (Å²) in [5, 5.41) is 3.20. The molecular formula is C27H28ClN3O2S. The number of nitrogens with zero attached hydrogens (tertiary/aromatic N) is 2. The largest absolute Gasteiger partial charge is 0.363 e. The minimum absolute atomic E-state index is 0.0125. The first kappa shape index (κ1) is 24.2. The molecule has 0 atom stereocenters. The van der Waals surface area contributed by atoms with Crippen LogP contribution in [0, 0.1) is 13.8 Å². The molecule has 0 unspecified atom stereocenters. The standard InChI is InChI=1S/C27H28ClN3O2S/c1-7-30-23-13-21(28)18(11-19(23)16(3)14-27(30,5)6)12-20-24(32)29-26(34)31(25(20)33)22-10-8-9-15(2)17(22)4/h8-14H,7H2,1-6H3,(H,29,32,34)/b20-12-. The quantitative estimate of drug-likeness (QED) is 0.333. The highest BCUT2D eigenvalue weighted by Crippen LogP contribution is 2.42. The van der Waals surface area contributed by atoms with Gasteiger partial charge in [0.2, 0.25) is 0 Å². The predicted molar refractivity (Wildman–Crippen MR) is 144 cm³/mol. The zero-order chi connectivity index (χ0) is 24.9. The van der Waals surface area contributed by atoms with Gasteiger partial charge in [-0.2, -0.15) is 0 Å². The fourth-order valence-corrected chi connectivity index (χ4v) is 5.30. The number of fused-ring (bicyclic) bond motifs is 1. The van der Waals surface area contributed by atoms with Crippen LogP contribution in [0.15, 0.2) is 42.0 Å².